The minimum absolute atomic E-state index is 0.144. The molecule has 1 aromatic rings. The number of carbonyl (C=O) groups excluding carboxylic acids is 1. The number of thiophene rings is 1. The summed E-state index contributed by atoms with van der Waals surface area (Å²) in [5, 5.41) is 11.0. The maximum Gasteiger partial charge on any atom is 0.326 e. The zero-order chi connectivity index (χ0) is 12.3. The fraction of sp³-hybridized carbons (Fsp3) is 0.500. The Morgan fingerprint density at radius 2 is 2.18 bits per heavy atom. The molecule has 0 spiro atoms. The van der Waals surface area contributed by atoms with Crippen LogP contribution in [0.2, 0.25) is 0 Å². The average Bonchev–Trinajstić information content (AvgIpc) is 2.71. The van der Waals surface area contributed by atoms with Gasteiger partial charge in [-0.2, -0.15) is 0 Å². The SMILES string of the molecule is O=C(O)C1CCCCCN1C(=O)c1cccs1. The summed E-state index contributed by atoms with van der Waals surface area (Å²) < 4.78 is 0. The van der Waals surface area contributed by atoms with Crippen LogP contribution in [-0.2, 0) is 4.79 Å². The van der Waals surface area contributed by atoms with Gasteiger partial charge in [0, 0.05) is 6.54 Å². The fourth-order valence-corrected chi connectivity index (χ4v) is 2.83. The summed E-state index contributed by atoms with van der Waals surface area (Å²) in [7, 11) is 0. The molecule has 0 radical (unpaired) electrons. The molecule has 0 aliphatic carbocycles. The second-order valence-electron chi connectivity index (χ2n) is 4.18. The highest BCUT2D eigenvalue weighted by Crippen LogP contribution is 2.21. The number of rotatable bonds is 2. The van der Waals surface area contributed by atoms with Crippen molar-refractivity contribution in [3.05, 3.63) is 22.4 Å². The summed E-state index contributed by atoms with van der Waals surface area (Å²) in [6.45, 7) is 0.549. The molecule has 1 aliphatic heterocycles. The Bertz CT molecular complexity index is 402. The van der Waals surface area contributed by atoms with Gasteiger partial charge in [0.15, 0.2) is 0 Å². The van der Waals surface area contributed by atoms with E-state index in [0.29, 0.717) is 17.8 Å². The summed E-state index contributed by atoms with van der Waals surface area (Å²) >= 11 is 1.36. The average molecular weight is 253 g/mol. The number of hydrogen-bond acceptors (Lipinski definition) is 3. The molecule has 0 saturated carbocycles. The van der Waals surface area contributed by atoms with Gasteiger partial charge in [-0.1, -0.05) is 18.9 Å². The Kier molecular flexibility index (Phi) is 3.78. The maximum atomic E-state index is 12.2. The molecule has 1 fully saturated rings. The zero-order valence-corrected chi connectivity index (χ0v) is 10.3. The third-order valence-corrected chi connectivity index (χ3v) is 3.89. The van der Waals surface area contributed by atoms with Crippen LogP contribution in [0.4, 0.5) is 0 Å². The maximum absolute atomic E-state index is 12.2. The first kappa shape index (κ1) is 12.1. The Balaban J connectivity index is 2.20. The number of aliphatic carboxylic acids is 1. The fourth-order valence-electron chi connectivity index (χ4n) is 2.15. The Labute approximate surface area is 104 Å². The molecular weight excluding hydrogens is 238 g/mol. The van der Waals surface area contributed by atoms with Gasteiger partial charge in [0.05, 0.1) is 4.88 Å². The molecule has 92 valence electrons. The van der Waals surface area contributed by atoms with Gasteiger partial charge < -0.3 is 10.0 Å². The van der Waals surface area contributed by atoms with Crippen molar-refractivity contribution in [1.82, 2.24) is 4.90 Å². The number of hydrogen-bond donors (Lipinski definition) is 1. The van der Waals surface area contributed by atoms with Gasteiger partial charge >= 0.3 is 5.97 Å². The normalized spacial score (nSPS) is 20.9. The number of likely N-dealkylation sites (tertiary alicyclic amines) is 1. The number of carbonyl (C=O) groups is 2. The van der Waals surface area contributed by atoms with Crippen LogP contribution in [0.5, 0.6) is 0 Å². The van der Waals surface area contributed by atoms with Gasteiger partial charge in [0.1, 0.15) is 6.04 Å². The van der Waals surface area contributed by atoms with E-state index < -0.39 is 12.0 Å². The first-order valence-corrected chi connectivity index (χ1v) is 6.65. The molecule has 1 N–H and O–H groups in total. The molecule has 0 aromatic carbocycles. The molecule has 1 aromatic heterocycles. The molecule has 4 nitrogen and oxygen atoms in total. The van der Waals surface area contributed by atoms with Gasteiger partial charge in [0.25, 0.3) is 5.91 Å². The van der Waals surface area contributed by atoms with Crippen molar-refractivity contribution in [2.45, 2.75) is 31.7 Å². The van der Waals surface area contributed by atoms with E-state index >= 15 is 0 Å². The minimum Gasteiger partial charge on any atom is -0.480 e. The molecule has 5 heteroatoms. The van der Waals surface area contributed by atoms with Gasteiger partial charge in [-0.15, -0.1) is 11.3 Å². The van der Waals surface area contributed by atoms with Crippen LogP contribution < -0.4 is 0 Å². The highest BCUT2D eigenvalue weighted by molar-refractivity contribution is 7.12. The second-order valence-corrected chi connectivity index (χ2v) is 5.13. The number of carboxylic acids is 1. The molecule has 1 amide bonds. The van der Waals surface area contributed by atoms with E-state index in [1.165, 1.54) is 16.2 Å². The van der Waals surface area contributed by atoms with E-state index in [1.54, 1.807) is 6.07 Å². The lowest BCUT2D eigenvalue weighted by molar-refractivity contribution is -0.142. The van der Waals surface area contributed by atoms with E-state index in [1.807, 2.05) is 11.4 Å². The Hall–Kier alpha value is -1.36. The standard InChI is InChI=1S/C12H15NO3S/c14-11(10-6-4-8-17-10)13-7-3-1-2-5-9(13)12(15)16/h4,6,8-9H,1-3,5,7H2,(H,15,16). The zero-order valence-electron chi connectivity index (χ0n) is 9.46. The van der Waals surface area contributed by atoms with E-state index in [-0.39, 0.29) is 5.91 Å². The van der Waals surface area contributed by atoms with E-state index in [0.717, 1.165) is 19.3 Å². The van der Waals surface area contributed by atoms with Crippen molar-refractivity contribution >= 4 is 23.2 Å². The lowest BCUT2D eigenvalue weighted by Gasteiger charge is -2.26. The topological polar surface area (TPSA) is 57.6 Å². The molecule has 0 bridgehead atoms. The summed E-state index contributed by atoms with van der Waals surface area (Å²) in [5.41, 5.74) is 0. The smallest absolute Gasteiger partial charge is 0.326 e. The van der Waals surface area contributed by atoms with Crippen LogP contribution in [0.1, 0.15) is 35.4 Å². The highest BCUT2D eigenvalue weighted by Gasteiger charge is 2.31. The van der Waals surface area contributed by atoms with Gasteiger partial charge in [0.2, 0.25) is 0 Å². The molecule has 2 heterocycles. The van der Waals surface area contributed by atoms with Crippen molar-refractivity contribution < 1.29 is 14.7 Å². The first-order chi connectivity index (χ1) is 8.20. The van der Waals surface area contributed by atoms with Crippen LogP contribution in [0, 0.1) is 0 Å². The summed E-state index contributed by atoms with van der Waals surface area (Å²) in [6, 6.07) is 2.90. The molecule has 1 atom stereocenters. The second kappa shape index (κ2) is 5.31. The third-order valence-electron chi connectivity index (χ3n) is 3.03. The molecular formula is C12H15NO3S. The summed E-state index contributed by atoms with van der Waals surface area (Å²) in [5.74, 6) is -1.04. The highest BCUT2D eigenvalue weighted by atomic mass is 32.1. The van der Waals surface area contributed by atoms with Gasteiger partial charge in [-0.05, 0) is 24.3 Å². The lowest BCUT2D eigenvalue weighted by atomic mass is 10.1. The number of amides is 1. The predicted molar refractivity (Wildman–Crippen MR) is 65.2 cm³/mol. The van der Waals surface area contributed by atoms with Crippen LogP contribution in [0.25, 0.3) is 0 Å². The Morgan fingerprint density at radius 1 is 1.35 bits per heavy atom. The van der Waals surface area contributed by atoms with Crippen molar-refractivity contribution in [3.8, 4) is 0 Å². The van der Waals surface area contributed by atoms with Crippen molar-refractivity contribution in [3.63, 3.8) is 0 Å². The number of carboxylic acid groups (broad SMARTS) is 1. The lowest BCUT2D eigenvalue weighted by Crippen LogP contribution is -2.44. The van der Waals surface area contributed by atoms with E-state index in [2.05, 4.69) is 0 Å². The van der Waals surface area contributed by atoms with Crippen LogP contribution in [0.3, 0.4) is 0 Å². The largest absolute Gasteiger partial charge is 0.480 e. The van der Waals surface area contributed by atoms with Crippen LogP contribution in [-0.4, -0.2) is 34.5 Å². The molecule has 1 saturated heterocycles. The van der Waals surface area contributed by atoms with Crippen LogP contribution >= 0.6 is 11.3 Å². The Morgan fingerprint density at radius 3 is 2.82 bits per heavy atom. The summed E-state index contributed by atoms with van der Waals surface area (Å²) in [4.78, 5) is 25.5. The molecule has 1 aliphatic rings. The third kappa shape index (κ3) is 2.66. The summed E-state index contributed by atoms with van der Waals surface area (Å²) in [6.07, 6.45) is 3.33. The monoisotopic (exact) mass is 253 g/mol. The molecule has 1 unspecified atom stereocenters. The minimum atomic E-state index is -0.892. The van der Waals surface area contributed by atoms with Crippen LogP contribution in [0.15, 0.2) is 17.5 Å². The van der Waals surface area contributed by atoms with Gasteiger partial charge in [-0.25, -0.2) is 4.79 Å². The van der Waals surface area contributed by atoms with Crippen molar-refractivity contribution in [1.29, 1.82) is 0 Å². The quantitative estimate of drug-likeness (QED) is 0.879. The predicted octanol–water partition coefficient (Wildman–Crippen LogP) is 2.22. The first-order valence-electron chi connectivity index (χ1n) is 5.77. The van der Waals surface area contributed by atoms with E-state index in [4.69, 9.17) is 0 Å². The number of nitrogens with zero attached hydrogens (tertiary/aromatic N) is 1. The van der Waals surface area contributed by atoms with E-state index in [9.17, 15) is 14.7 Å². The molecule has 2 rings (SSSR count). The molecule has 17 heavy (non-hydrogen) atoms. The van der Waals surface area contributed by atoms with Crippen molar-refractivity contribution in [2.24, 2.45) is 0 Å². The van der Waals surface area contributed by atoms with Crippen molar-refractivity contribution in [2.75, 3.05) is 6.54 Å². The van der Waals surface area contributed by atoms with Gasteiger partial charge in [-0.3, -0.25) is 4.79 Å².